The number of nitriles is 1. The Kier molecular flexibility index (Phi) is 6.95. The van der Waals surface area contributed by atoms with Crippen molar-refractivity contribution in [2.24, 2.45) is 0 Å². The second-order valence-electron chi connectivity index (χ2n) is 1.99. The van der Waals surface area contributed by atoms with Gasteiger partial charge in [0.05, 0.1) is 6.61 Å². The number of ether oxygens (including phenoxy) is 1. The second kappa shape index (κ2) is 7.42. The lowest BCUT2D eigenvalue weighted by Gasteiger charge is -1.98. The van der Waals surface area contributed by atoms with Crippen molar-refractivity contribution in [3.63, 3.8) is 0 Å². The highest BCUT2D eigenvalue weighted by molar-refractivity contribution is 8.03. The molecule has 0 atom stereocenters. The number of nitrogens with zero attached hydrogens (tertiary/aromatic N) is 1. The first-order chi connectivity index (χ1) is 5.27. The minimum absolute atomic E-state index is 0.238. The zero-order valence-corrected chi connectivity index (χ0v) is 7.32. The molecular formula is C7H11NO2S. The molecule has 0 aliphatic rings. The summed E-state index contributed by atoms with van der Waals surface area (Å²) in [6.45, 7) is 1.87. The van der Waals surface area contributed by atoms with E-state index in [-0.39, 0.29) is 5.97 Å². The summed E-state index contributed by atoms with van der Waals surface area (Å²) in [5.41, 5.74) is 0. The molecule has 0 rings (SSSR count). The molecule has 0 N–H and O–H groups in total. The van der Waals surface area contributed by atoms with E-state index in [1.165, 1.54) is 18.7 Å². The smallest absolute Gasteiger partial charge is 0.302 e. The number of thiocyanates is 1. The highest BCUT2D eigenvalue weighted by atomic mass is 32.2. The van der Waals surface area contributed by atoms with E-state index in [0.717, 1.165) is 18.6 Å². The Balaban J connectivity index is 2.92. The predicted molar refractivity (Wildman–Crippen MR) is 43.9 cm³/mol. The number of unbranched alkanes of at least 4 members (excludes halogenated alkanes) is 1. The highest BCUT2D eigenvalue weighted by Crippen LogP contribution is 2.01. The summed E-state index contributed by atoms with van der Waals surface area (Å²) in [4.78, 5) is 10.3. The largest absolute Gasteiger partial charge is 0.466 e. The molecule has 0 aromatic carbocycles. The molecule has 0 aromatic heterocycles. The quantitative estimate of drug-likeness (QED) is 0.359. The van der Waals surface area contributed by atoms with Crippen molar-refractivity contribution in [1.29, 1.82) is 5.26 Å². The average Bonchev–Trinajstić information content (AvgIpc) is 1.96. The van der Waals surface area contributed by atoms with Crippen LogP contribution < -0.4 is 0 Å². The van der Waals surface area contributed by atoms with Gasteiger partial charge in [0.15, 0.2) is 0 Å². The van der Waals surface area contributed by atoms with E-state index < -0.39 is 0 Å². The van der Waals surface area contributed by atoms with Crippen molar-refractivity contribution < 1.29 is 9.53 Å². The Labute approximate surface area is 70.7 Å². The maximum Gasteiger partial charge on any atom is 0.302 e. The minimum atomic E-state index is -0.238. The first-order valence-corrected chi connectivity index (χ1v) is 4.40. The molecule has 11 heavy (non-hydrogen) atoms. The van der Waals surface area contributed by atoms with Gasteiger partial charge in [-0.05, 0) is 24.6 Å². The molecule has 0 bridgehead atoms. The van der Waals surface area contributed by atoms with Gasteiger partial charge in [0.25, 0.3) is 0 Å². The van der Waals surface area contributed by atoms with Crippen LogP contribution in [0.2, 0.25) is 0 Å². The molecule has 0 saturated carbocycles. The number of hydrogen-bond donors (Lipinski definition) is 0. The molecule has 0 radical (unpaired) electrons. The lowest BCUT2D eigenvalue weighted by molar-refractivity contribution is -0.141. The third kappa shape index (κ3) is 9.31. The number of esters is 1. The van der Waals surface area contributed by atoms with Crippen LogP contribution in [-0.2, 0) is 9.53 Å². The highest BCUT2D eigenvalue weighted by Gasteiger charge is 1.92. The summed E-state index contributed by atoms with van der Waals surface area (Å²) >= 11 is 1.23. The van der Waals surface area contributed by atoms with Gasteiger partial charge in [-0.15, -0.1) is 0 Å². The van der Waals surface area contributed by atoms with E-state index in [1.54, 1.807) is 0 Å². The van der Waals surface area contributed by atoms with E-state index >= 15 is 0 Å². The summed E-state index contributed by atoms with van der Waals surface area (Å²) in [7, 11) is 0. The Bertz CT molecular complexity index is 153. The fourth-order valence-corrected chi connectivity index (χ4v) is 0.978. The Hall–Kier alpha value is -0.690. The molecule has 0 heterocycles. The molecule has 0 unspecified atom stereocenters. The molecular weight excluding hydrogens is 162 g/mol. The maximum absolute atomic E-state index is 10.3. The van der Waals surface area contributed by atoms with Crippen LogP contribution in [0.4, 0.5) is 0 Å². The fraction of sp³-hybridized carbons (Fsp3) is 0.714. The van der Waals surface area contributed by atoms with Gasteiger partial charge < -0.3 is 4.74 Å². The second-order valence-corrected chi connectivity index (χ2v) is 2.87. The van der Waals surface area contributed by atoms with Crippen molar-refractivity contribution in [2.45, 2.75) is 19.8 Å². The van der Waals surface area contributed by atoms with Crippen LogP contribution >= 0.6 is 11.8 Å². The fourth-order valence-electron chi connectivity index (χ4n) is 0.538. The van der Waals surface area contributed by atoms with E-state index in [9.17, 15) is 4.79 Å². The molecule has 0 spiro atoms. The molecule has 0 aliphatic heterocycles. The number of thioether (sulfide) groups is 1. The molecule has 4 heteroatoms. The van der Waals surface area contributed by atoms with Gasteiger partial charge in [-0.25, -0.2) is 0 Å². The lowest BCUT2D eigenvalue weighted by Crippen LogP contribution is -2.00. The van der Waals surface area contributed by atoms with Gasteiger partial charge in [-0.1, -0.05) is 0 Å². The van der Waals surface area contributed by atoms with Crippen LogP contribution in [0.5, 0.6) is 0 Å². The maximum atomic E-state index is 10.3. The van der Waals surface area contributed by atoms with Crippen LogP contribution in [0.25, 0.3) is 0 Å². The van der Waals surface area contributed by atoms with Crippen LogP contribution in [0.3, 0.4) is 0 Å². The van der Waals surface area contributed by atoms with Gasteiger partial charge >= 0.3 is 5.97 Å². The first kappa shape index (κ1) is 10.3. The molecule has 62 valence electrons. The summed E-state index contributed by atoms with van der Waals surface area (Å²) in [6, 6.07) is 0. The Morgan fingerprint density at radius 3 is 2.91 bits per heavy atom. The van der Waals surface area contributed by atoms with Gasteiger partial charge in [-0.3, -0.25) is 4.79 Å². The average molecular weight is 173 g/mol. The number of rotatable bonds is 5. The van der Waals surface area contributed by atoms with Crippen molar-refractivity contribution in [3.05, 3.63) is 0 Å². The zero-order chi connectivity index (χ0) is 8.53. The number of carbonyl (C=O) groups is 1. The van der Waals surface area contributed by atoms with Gasteiger partial charge in [0, 0.05) is 12.7 Å². The van der Waals surface area contributed by atoms with Crippen molar-refractivity contribution in [2.75, 3.05) is 12.4 Å². The van der Waals surface area contributed by atoms with Gasteiger partial charge in [-0.2, -0.15) is 5.26 Å². The van der Waals surface area contributed by atoms with Crippen LogP contribution in [0.1, 0.15) is 19.8 Å². The zero-order valence-electron chi connectivity index (χ0n) is 6.50. The first-order valence-electron chi connectivity index (χ1n) is 3.41. The Morgan fingerprint density at radius 2 is 2.36 bits per heavy atom. The molecule has 0 saturated heterocycles. The number of carbonyl (C=O) groups excluding carboxylic acids is 1. The van der Waals surface area contributed by atoms with Crippen LogP contribution in [0, 0.1) is 10.7 Å². The Morgan fingerprint density at radius 1 is 1.64 bits per heavy atom. The minimum Gasteiger partial charge on any atom is -0.466 e. The van der Waals surface area contributed by atoms with Crippen molar-refractivity contribution >= 4 is 17.7 Å². The lowest BCUT2D eigenvalue weighted by atomic mass is 10.4. The van der Waals surface area contributed by atoms with E-state index in [2.05, 4.69) is 0 Å². The summed E-state index contributed by atoms with van der Waals surface area (Å²) < 4.78 is 4.69. The molecule has 0 amide bonds. The van der Waals surface area contributed by atoms with Crippen molar-refractivity contribution in [3.8, 4) is 5.40 Å². The van der Waals surface area contributed by atoms with E-state index in [0.29, 0.717) is 6.61 Å². The predicted octanol–water partition coefficient (Wildman–Crippen LogP) is 1.54. The topological polar surface area (TPSA) is 50.1 Å². The number of hydrogen-bond acceptors (Lipinski definition) is 4. The van der Waals surface area contributed by atoms with Gasteiger partial charge in [0.2, 0.25) is 0 Å². The normalized spacial score (nSPS) is 8.73. The molecule has 0 fully saturated rings. The summed E-state index contributed by atoms with van der Waals surface area (Å²) in [6.07, 6.45) is 1.76. The van der Waals surface area contributed by atoms with Crippen LogP contribution in [0.15, 0.2) is 0 Å². The third-order valence-electron chi connectivity index (χ3n) is 1.01. The summed E-state index contributed by atoms with van der Waals surface area (Å²) in [5, 5.41) is 10.1. The molecule has 0 aliphatic carbocycles. The van der Waals surface area contributed by atoms with Gasteiger partial charge in [0.1, 0.15) is 5.40 Å². The van der Waals surface area contributed by atoms with Crippen molar-refractivity contribution in [1.82, 2.24) is 0 Å². The van der Waals surface area contributed by atoms with E-state index in [1.807, 2.05) is 5.40 Å². The SMILES string of the molecule is CC(=O)OCCCCSC#N. The van der Waals surface area contributed by atoms with E-state index in [4.69, 9.17) is 10.00 Å². The standard InChI is InChI=1S/C7H11NO2S/c1-7(9)10-4-2-3-5-11-6-8/h2-5H2,1H3. The summed E-state index contributed by atoms with van der Waals surface area (Å²) in [5.74, 6) is 0.579. The molecule has 0 aromatic rings. The third-order valence-corrected chi connectivity index (χ3v) is 1.63. The molecule has 3 nitrogen and oxygen atoms in total. The van der Waals surface area contributed by atoms with Crippen LogP contribution in [-0.4, -0.2) is 18.3 Å². The monoisotopic (exact) mass is 173 g/mol.